The molecule has 1 atom stereocenters. The van der Waals surface area contributed by atoms with Crippen molar-refractivity contribution in [3.8, 4) is 0 Å². The summed E-state index contributed by atoms with van der Waals surface area (Å²) in [6, 6.07) is 0. The van der Waals surface area contributed by atoms with E-state index in [1.165, 1.54) is 0 Å². The zero-order chi connectivity index (χ0) is 8.04. The van der Waals surface area contributed by atoms with Crippen molar-refractivity contribution in [1.82, 2.24) is 5.32 Å². The number of nitrogens with one attached hydrogen (secondary N) is 1. The average molecular weight is 146 g/mol. The summed E-state index contributed by atoms with van der Waals surface area (Å²) in [6.07, 6.45) is 0.955. The summed E-state index contributed by atoms with van der Waals surface area (Å²) >= 11 is 0. The second-order valence-corrected chi connectivity index (χ2v) is 2.76. The minimum Gasteiger partial charge on any atom is -0.385 e. The van der Waals surface area contributed by atoms with Gasteiger partial charge in [0.1, 0.15) is 0 Å². The van der Waals surface area contributed by atoms with E-state index in [1.54, 1.807) is 7.11 Å². The zero-order valence-electron chi connectivity index (χ0n) is 7.11. The van der Waals surface area contributed by atoms with E-state index in [2.05, 4.69) is 12.2 Å². The molecule has 0 bridgehead atoms. The number of methoxy groups -OCH3 is 1. The Kier molecular flexibility index (Phi) is 4.60. The predicted octanol–water partition coefficient (Wildman–Crippen LogP) is -0.0403. The van der Waals surface area contributed by atoms with Crippen molar-refractivity contribution < 1.29 is 4.74 Å². The molecule has 0 amide bonds. The second kappa shape index (κ2) is 4.66. The number of ether oxygens (including phenoxy) is 1. The van der Waals surface area contributed by atoms with E-state index >= 15 is 0 Å². The van der Waals surface area contributed by atoms with Crippen LogP contribution in [-0.4, -0.2) is 32.8 Å². The van der Waals surface area contributed by atoms with E-state index in [4.69, 9.17) is 10.5 Å². The lowest BCUT2D eigenvalue weighted by atomic mass is 9.99. The van der Waals surface area contributed by atoms with Gasteiger partial charge in [-0.1, -0.05) is 0 Å². The summed E-state index contributed by atoms with van der Waals surface area (Å²) in [7, 11) is 3.62. The first-order valence-electron chi connectivity index (χ1n) is 3.56. The number of hydrogen-bond acceptors (Lipinski definition) is 3. The molecular formula is C7H18N2O. The molecule has 0 aliphatic carbocycles. The fourth-order valence-electron chi connectivity index (χ4n) is 0.656. The molecule has 0 fully saturated rings. The summed E-state index contributed by atoms with van der Waals surface area (Å²) < 4.78 is 4.95. The van der Waals surface area contributed by atoms with Gasteiger partial charge >= 0.3 is 0 Å². The Morgan fingerprint density at radius 3 is 2.50 bits per heavy atom. The first kappa shape index (κ1) is 9.88. The molecule has 0 aromatic rings. The van der Waals surface area contributed by atoms with E-state index in [9.17, 15) is 0 Å². The van der Waals surface area contributed by atoms with Crippen LogP contribution in [0.3, 0.4) is 0 Å². The topological polar surface area (TPSA) is 47.3 Å². The third-order valence-electron chi connectivity index (χ3n) is 1.91. The third kappa shape index (κ3) is 3.15. The minimum absolute atomic E-state index is 0.0377. The molecule has 0 saturated carbocycles. The fourth-order valence-corrected chi connectivity index (χ4v) is 0.656. The lowest BCUT2D eigenvalue weighted by molar-refractivity contribution is 0.164. The Balaban J connectivity index is 3.58. The highest BCUT2D eigenvalue weighted by Gasteiger charge is 2.18. The molecule has 62 valence electrons. The molecule has 10 heavy (non-hydrogen) atoms. The van der Waals surface area contributed by atoms with Crippen LogP contribution < -0.4 is 11.1 Å². The van der Waals surface area contributed by atoms with E-state index in [-0.39, 0.29) is 5.54 Å². The summed E-state index contributed by atoms with van der Waals surface area (Å²) in [6.45, 7) is 3.49. The van der Waals surface area contributed by atoms with E-state index in [0.717, 1.165) is 13.0 Å². The molecule has 3 N–H and O–H groups in total. The molecule has 3 heteroatoms. The SMILES string of the molecule is CNC(C)(CN)CCOC. The van der Waals surface area contributed by atoms with Crippen molar-refractivity contribution in [3.05, 3.63) is 0 Å². The van der Waals surface area contributed by atoms with Gasteiger partial charge < -0.3 is 15.8 Å². The number of nitrogens with two attached hydrogens (primary N) is 1. The maximum absolute atomic E-state index is 5.54. The Morgan fingerprint density at radius 1 is 1.60 bits per heavy atom. The maximum atomic E-state index is 5.54. The van der Waals surface area contributed by atoms with Crippen LogP contribution in [0.15, 0.2) is 0 Å². The molecule has 1 unspecified atom stereocenters. The van der Waals surface area contributed by atoms with Gasteiger partial charge in [-0.2, -0.15) is 0 Å². The average Bonchev–Trinajstić information content (AvgIpc) is 2.00. The van der Waals surface area contributed by atoms with Crippen molar-refractivity contribution >= 4 is 0 Å². The standard InChI is InChI=1S/C7H18N2O/c1-7(6-8,9-2)4-5-10-3/h9H,4-6,8H2,1-3H3. The van der Waals surface area contributed by atoms with Crippen LogP contribution in [0.25, 0.3) is 0 Å². The molecule has 0 aromatic heterocycles. The van der Waals surface area contributed by atoms with Crippen LogP contribution in [-0.2, 0) is 4.74 Å². The van der Waals surface area contributed by atoms with Crippen LogP contribution in [0.1, 0.15) is 13.3 Å². The Morgan fingerprint density at radius 2 is 2.20 bits per heavy atom. The van der Waals surface area contributed by atoms with Crippen LogP contribution in [0.2, 0.25) is 0 Å². The van der Waals surface area contributed by atoms with Gasteiger partial charge in [0, 0.05) is 25.8 Å². The van der Waals surface area contributed by atoms with Crippen LogP contribution >= 0.6 is 0 Å². The molecule has 0 aliphatic heterocycles. The largest absolute Gasteiger partial charge is 0.385 e. The lowest BCUT2D eigenvalue weighted by Crippen LogP contribution is -2.47. The Hall–Kier alpha value is -0.120. The highest BCUT2D eigenvalue weighted by Crippen LogP contribution is 2.05. The number of likely N-dealkylation sites (N-methyl/N-ethyl adjacent to an activating group) is 1. The summed E-state index contributed by atoms with van der Waals surface area (Å²) in [5.74, 6) is 0. The lowest BCUT2D eigenvalue weighted by Gasteiger charge is -2.26. The van der Waals surface area contributed by atoms with Gasteiger partial charge in [-0.25, -0.2) is 0 Å². The van der Waals surface area contributed by atoms with Gasteiger partial charge in [0.2, 0.25) is 0 Å². The first-order valence-corrected chi connectivity index (χ1v) is 3.56. The molecule has 0 heterocycles. The van der Waals surface area contributed by atoms with E-state index in [1.807, 2.05) is 7.05 Å². The molecule has 3 nitrogen and oxygen atoms in total. The summed E-state index contributed by atoms with van der Waals surface area (Å²) in [5, 5.41) is 3.16. The van der Waals surface area contributed by atoms with Gasteiger partial charge in [-0.05, 0) is 20.4 Å². The van der Waals surface area contributed by atoms with Crippen molar-refractivity contribution in [3.63, 3.8) is 0 Å². The molecular weight excluding hydrogens is 128 g/mol. The number of rotatable bonds is 5. The number of hydrogen-bond donors (Lipinski definition) is 2. The molecule has 0 spiro atoms. The predicted molar refractivity (Wildman–Crippen MR) is 43.0 cm³/mol. The van der Waals surface area contributed by atoms with Crippen LogP contribution in [0.5, 0.6) is 0 Å². The van der Waals surface area contributed by atoms with Crippen molar-refractivity contribution in [2.45, 2.75) is 18.9 Å². The van der Waals surface area contributed by atoms with Gasteiger partial charge in [-0.3, -0.25) is 0 Å². The fraction of sp³-hybridized carbons (Fsp3) is 1.00. The van der Waals surface area contributed by atoms with Gasteiger partial charge in [-0.15, -0.1) is 0 Å². The molecule has 0 aliphatic rings. The highest BCUT2D eigenvalue weighted by atomic mass is 16.5. The van der Waals surface area contributed by atoms with E-state index < -0.39 is 0 Å². The quantitative estimate of drug-likeness (QED) is 0.572. The molecule has 0 aromatic carbocycles. The maximum Gasteiger partial charge on any atom is 0.0480 e. The highest BCUT2D eigenvalue weighted by molar-refractivity contribution is 4.81. The van der Waals surface area contributed by atoms with Crippen molar-refractivity contribution in [1.29, 1.82) is 0 Å². The van der Waals surface area contributed by atoms with E-state index in [0.29, 0.717) is 6.54 Å². The molecule has 0 saturated heterocycles. The van der Waals surface area contributed by atoms with Gasteiger partial charge in [0.15, 0.2) is 0 Å². The van der Waals surface area contributed by atoms with Crippen molar-refractivity contribution in [2.24, 2.45) is 5.73 Å². The zero-order valence-corrected chi connectivity index (χ0v) is 7.11. The van der Waals surface area contributed by atoms with Gasteiger partial charge in [0.05, 0.1) is 0 Å². The Bertz CT molecular complexity index is 81.7. The smallest absolute Gasteiger partial charge is 0.0480 e. The first-order chi connectivity index (χ1) is 4.68. The van der Waals surface area contributed by atoms with Crippen LogP contribution in [0, 0.1) is 0 Å². The summed E-state index contributed by atoms with van der Waals surface area (Å²) in [5.41, 5.74) is 5.58. The molecule has 0 radical (unpaired) electrons. The van der Waals surface area contributed by atoms with Crippen LogP contribution in [0.4, 0.5) is 0 Å². The van der Waals surface area contributed by atoms with Crippen molar-refractivity contribution in [2.75, 3.05) is 27.3 Å². The summed E-state index contributed by atoms with van der Waals surface area (Å²) in [4.78, 5) is 0. The van der Waals surface area contributed by atoms with Gasteiger partial charge in [0.25, 0.3) is 0 Å². The monoisotopic (exact) mass is 146 g/mol. The third-order valence-corrected chi connectivity index (χ3v) is 1.91. The Labute approximate surface area is 62.9 Å². The molecule has 0 rings (SSSR count). The normalized spacial score (nSPS) is 16.8. The second-order valence-electron chi connectivity index (χ2n) is 2.76. The minimum atomic E-state index is 0.0377.